The van der Waals surface area contributed by atoms with Gasteiger partial charge in [-0.05, 0) is 12.1 Å². The zero-order valence-corrected chi connectivity index (χ0v) is 10.0. The van der Waals surface area contributed by atoms with Crippen LogP contribution in [0.2, 0.25) is 0 Å². The van der Waals surface area contributed by atoms with E-state index in [9.17, 15) is 17.3 Å². The molecule has 0 fully saturated rings. The third-order valence-corrected chi connectivity index (χ3v) is 1.37. The number of hydrogen-bond donors (Lipinski definition) is 1. The second kappa shape index (κ2) is 4.79. The van der Waals surface area contributed by atoms with E-state index < -0.39 is 18.3 Å². The summed E-state index contributed by atoms with van der Waals surface area (Å²) < 4.78 is 48.5. The van der Waals surface area contributed by atoms with Crippen LogP contribution in [0.4, 0.5) is 23.0 Å². The van der Waals surface area contributed by atoms with Gasteiger partial charge in [0.15, 0.2) is 0 Å². The Hall–Kier alpha value is 0.441. The Morgan fingerprint density at radius 1 is 1.15 bits per heavy atom. The summed E-state index contributed by atoms with van der Waals surface area (Å²) in [6, 6.07) is 2.38. The van der Waals surface area contributed by atoms with E-state index in [0.717, 1.165) is 6.07 Å². The van der Waals surface area contributed by atoms with E-state index in [1.807, 2.05) is 0 Å². The minimum Gasteiger partial charge on any atom is -0.445 e. The molecule has 1 nitrogen and oxygen atoms in total. The molecule has 0 bridgehead atoms. The first kappa shape index (κ1) is 13.4. The summed E-state index contributed by atoms with van der Waals surface area (Å²) in [5.41, 5.74) is 3.71. The maximum Gasteiger partial charge on any atom is 1.00 e. The van der Waals surface area contributed by atoms with Crippen molar-refractivity contribution < 1.29 is 68.7 Å². The van der Waals surface area contributed by atoms with Gasteiger partial charge in [0.25, 0.3) is 0 Å². The van der Waals surface area contributed by atoms with Crippen molar-refractivity contribution in [2.75, 3.05) is 5.73 Å². The fourth-order valence-corrected chi connectivity index (χ4v) is 0.813. The van der Waals surface area contributed by atoms with Gasteiger partial charge in [-0.1, -0.05) is 11.5 Å². The predicted molar refractivity (Wildman–Crippen MR) is 39.5 cm³/mol. The molecule has 0 atom stereocenters. The Kier molecular flexibility index (Phi) is 4.95. The van der Waals surface area contributed by atoms with Crippen LogP contribution in [0.15, 0.2) is 18.2 Å². The van der Waals surface area contributed by atoms with Gasteiger partial charge in [0.05, 0.1) is 5.82 Å². The molecular weight excluding hydrogens is 212 g/mol. The molecule has 2 N–H and O–H groups in total. The van der Waals surface area contributed by atoms with Crippen LogP contribution in [0.3, 0.4) is 0 Å². The largest absolute Gasteiger partial charge is 1.00 e. The van der Waals surface area contributed by atoms with Crippen LogP contribution in [0.5, 0.6) is 0 Å². The molecule has 0 aliphatic carbocycles. The molecule has 7 heteroatoms. The van der Waals surface area contributed by atoms with Gasteiger partial charge in [0, 0.05) is 5.69 Å². The molecule has 0 amide bonds. The Balaban J connectivity index is 0.00000144. The summed E-state index contributed by atoms with van der Waals surface area (Å²) in [5, 5.41) is 0. The molecule has 1 rings (SSSR count). The second-order valence-corrected chi connectivity index (χ2v) is 2.36. The van der Waals surface area contributed by atoms with E-state index in [-0.39, 0.29) is 57.1 Å². The average Bonchev–Trinajstić information content (AvgIpc) is 1.92. The van der Waals surface area contributed by atoms with E-state index in [2.05, 4.69) is 0 Å². The fourth-order valence-electron chi connectivity index (χ4n) is 0.813. The van der Waals surface area contributed by atoms with Crippen LogP contribution >= 0.6 is 0 Å². The summed E-state index contributed by atoms with van der Waals surface area (Å²) in [4.78, 5) is 0. The summed E-state index contributed by atoms with van der Waals surface area (Å²) in [5.74, 6) is -1.28. The van der Waals surface area contributed by atoms with Crippen LogP contribution in [-0.2, 0) is 0 Å². The Bertz CT molecular complexity index is 301. The molecule has 0 saturated heterocycles. The molecule has 0 heterocycles. The van der Waals surface area contributed by atoms with Crippen LogP contribution in [0.1, 0.15) is 0 Å². The normalized spacial score (nSPS) is 10.8. The molecule has 0 radical (unpaired) electrons. The molecule has 1 aromatic rings. The molecule has 0 aliphatic heterocycles. The molecule has 1 aromatic carbocycles. The molecule has 0 saturated carbocycles. The van der Waals surface area contributed by atoms with Crippen molar-refractivity contribution in [3.63, 3.8) is 0 Å². The summed E-state index contributed by atoms with van der Waals surface area (Å²) >= 11 is 0. The van der Waals surface area contributed by atoms with Gasteiger partial charge >= 0.3 is 58.4 Å². The van der Waals surface area contributed by atoms with Gasteiger partial charge < -0.3 is 18.7 Å². The zero-order chi connectivity index (χ0) is 9.35. The standard InChI is InChI=1S/C6H5BF4N.K/c8-6-2-1-4(12)3-5(6)7(9,10)11;/h1-3H,12H2;/q-1;+1. The minimum atomic E-state index is -5.30. The fraction of sp³-hybridized carbons (Fsp3) is 0. The summed E-state index contributed by atoms with van der Waals surface area (Å²) in [6.45, 7) is -5.30. The van der Waals surface area contributed by atoms with Crippen molar-refractivity contribution in [2.24, 2.45) is 0 Å². The van der Waals surface area contributed by atoms with Gasteiger partial charge in [-0.3, -0.25) is 0 Å². The maximum absolute atomic E-state index is 12.5. The van der Waals surface area contributed by atoms with Gasteiger partial charge in [-0.15, -0.1) is 0 Å². The van der Waals surface area contributed by atoms with Crippen molar-refractivity contribution in [1.29, 1.82) is 0 Å². The van der Waals surface area contributed by atoms with E-state index in [1.165, 1.54) is 0 Å². The number of anilines is 1. The summed E-state index contributed by atoms with van der Waals surface area (Å²) in [7, 11) is 0. The number of nitrogen functional groups attached to an aromatic ring is 1. The minimum absolute atomic E-state index is 0. The Morgan fingerprint density at radius 3 is 2.08 bits per heavy atom. The van der Waals surface area contributed by atoms with Gasteiger partial charge in [-0.25, -0.2) is 4.39 Å². The van der Waals surface area contributed by atoms with Crippen LogP contribution in [0.25, 0.3) is 0 Å². The number of rotatable bonds is 1. The first-order chi connectivity index (χ1) is 5.41. The number of nitrogens with two attached hydrogens (primary N) is 1. The Morgan fingerprint density at radius 2 is 1.69 bits per heavy atom. The molecule has 13 heavy (non-hydrogen) atoms. The number of halogens is 4. The number of benzene rings is 1. The van der Waals surface area contributed by atoms with Crippen LogP contribution in [0, 0.1) is 5.82 Å². The first-order valence-corrected chi connectivity index (χ1v) is 3.16. The van der Waals surface area contributed by atoms with Crippen LogP contribution < -0.4 is 62.6 Å². The predicted octanol–water partition coefficient (Wildman–Crippen LogP) is -1.53. The first-order valence-electron chi connectivity index (χ1n) is 3.16. The van der Waals surface area contributed by atoms with Gasteiger partial charge in [0.1, 0.15) is 0 Å². The third-order valence-electron chi connectivity index (χ3n) is 1.37. The van der Waals surface area contributed by atoms with Gasteiger partial charge in [0.2, 0.25) is 0 Å². The van der Waals surface area contributed by atoms with E-state index in [1.54, 1.807) is 0 Å². The van der Waals surface area contributed by atoms with E-state index in [4.69, 9.17) is 5.73 Å². The van der Waals surface area contributed by atoms with Crippen molar-refractivity contribution in [2.45, 2.75) is 0 Å². The number of hydrogen-bond acceptors (Lipinski definition) is 1. The quantitative estimate of drug-likeness (QED) is 0.344. The average molecular weight is 217 g/mol. The van der Waals surface area contributed by atoms with Crippen LogP contribution in [-0.4, -0.2) is 6.98 Å². The van der Waals surface area contributed by atoms with Crippen molar-refractivity contribution >= 4 is 18.1 Å². The molecule has 0 spiro atoms. The van der Waals surface area contributed by atoms with Crippen molar-refractivity contribution in [1.82, 2.24) is 0 Å². The van der Waals surface area contributed by atoms with Crippen molar-refractivity contribution in [3.8, 4) is 0 Å². The van der Waals surface area contributed by atoms with Crippen molar-refractivity contribution in [3.05, 3.63) is 24.0 Å². The topological polar surface area (TPSA) is 26.0 Å². The molecule has 0 aromatic heterocycles. The smallest absolute Gasteiger partial charge is 0.445 e. The van der Waals surface area contributed by atoms with E-state index in [0.29, 0.717) is 12.1 Å². The SMILES string of the molecule is Nc1ccc(F)c([B-](F)(F)F)c1.[K+]. The second-order valence-electron chi connectivity index (χ2n) is 2.36. The van der Waals surface area contributed by atoms with E-state index >= 15 is 0 Å². The zero-order valence-electron chi connectivity index (χ0n) is 6.90. The maximum atomic E-state index is 12.5. The third kappa shape index (κ3) is 3.59. The molecular formula is C6H5BF4KN. The monoisotopic (exact) mass is 217 g/mol. The Labute approximate surface area is 115 Å². The molecule has 66 valence electrons. The summed E-state index contributed by atoms with van der Waals surface area (Å²) in [6.07, 6.45) is 0. The van der Waals surface area contributed by atoms with Gasteiger partial charge in [-0.2, -0.15) is 0 Å². The molecule has 0 unspecified atom stereocenters. The molecule has 0 aliphatic rings.